The second kappa shape index (κ2) is 7.11. The highest BCUT2D eigenvalue weighted by Gasteiger charge is 2.43. The van der Waals surface area contributed by atoms with Crippen molar-refractivity contribution in [3.05, 3.63) is 34.4 Å². The average Bonchev–Trinajstić information content (AvgIpc) is 2.72. The van der Waals surface area contributed by atoms with Crippen LogP contribution < -0.4 is 5.32 Å². The van der Waals surface area contributed by atoms with Gasteiger partial charge in [-0.1, -0.05) is 24.1 Å². The highest BCUT2D eigenvalue weighted by Crippen LogP contribution is 2.37. The van der Waals surface area contributed by atoms with Crippen molar-refractivity contribution in [3.8, 4) is 0 Å². The van der Waals surface area contributed by atoms with Gasteiger partial charge in [0.2, 0.25) is 5.91 Å². The molecule has 25 heavy (non-hydrogen) atoms. The monoisotopic (exact) mass is 341 g/mol. The van der Waals surface area contributed by atoms with Crippen molar-refractivity contribution in [3.63, 3.8) is 0 Å². The molecule has 2 fully saturated rings. The number of rotatable bonds is 5. The first-order valence-electron chi connectivity index (χ1n) is 9.27. The number of carbonyl (C=O) groups is 3. The molecule has 3 rings (SSSR count). The Morgan fingerprint density at radius 3 is 2.32 bits per heavy atom. The zero-order valence-electron chi connectivity index (χ0n) is 15.4. The van der Waals surface area contributed by atoms with Crippen LogP contribution in [0, 0.1) is 32.6 Å². The van der Waals surface area contributed by atoms with Crippen molar-refractivity contribution in [2.45, 2.75) is 58.8 Å². The molecule has 2 aliphatic rings. The second-order valence-electron chi connectivity index (χ2n) is 7.82. The van der Waals surface area contributed by atoms with Gasteiger partial charge in [-0.05, 0) is 56.2 Å². The molecular formula is C21H27NO3. The van der Waals surface area contributed by atoms with Crippen molar-refractivity contribution >= 4 is 17.5 Å². The smallest absolute Gasteiger partial charge is 0.220 e. The van der Waals surface area contributed by atoms with Gasteiger partial charge in [0.25, 0.3) is 0 Å². The van der Waals surface area contributed by atoms with E-state index in [2.05, 4.69) is 5.32 Å². The van der Waals surface area contributed by atoms with Gasteiger partial charge >= 0.3 is 0 Å². The summed E-state index contributed by atoms with van der Waals surface area (Å²) in [5.74, 6) is -0.800. The average molecular weight is 341 g/mol. The molecule has 1 amide bonds. The maximum atomic E-state index is 12.8. The molecule has 1 N–H and O–H groups in total. The van der Waals surface area contributed by atoms with Gasteiger partial charge in [0.15, 0.2) is 5.78 Å². The van der Waals surface area contributed by atoms with Crippen LogP contribution >= 0.6 is 0 Å². The summed E-state index contributed by atoms with van der Waals surface area (Å²) in [4.78, 5) is 37.5. The number of benzene rings is 1. The van der Waals surface area contributed by atoms with Gasteiger partial charge in [-0.25, -0.2) is 0 Å². The minimum Gasteiger partial charge on any atom is -0.356 e. The summed E-state index contributed by atoms with van der Waals surface area (Å²) in [5, 5.41) is 2.93. The highest BCUT2D eigenvalue weighted by atomic mass is 16.2. The van der Waals surface area contributed by atoms with E-state index in [-0.39, 0.29) is 30.3 Å². The van der Waals surface area contributed by atoms with Gasteiger partial charge in [0, 0.05) is 25.3 Å². The minimum atomic E-state index is -0.690. The first kappa shape index (κ1) is 17.8. The van der Waals surface area contributed by atoms with Crippen LogP contribution in [0.15, 0.2) is 12.1 Å². The zero-order valence-corrected chi connectivity index (χ0v) is 15.4. The van der Waals surface area contributed by atoms with Gasteiger partial charge in [-0.15, -0.1) is 0 Å². The van der Waals surface area contributed by atoms with E-state index in [1.807, 2.05) is 32.9 Å². The third-order valence-corrected chi connectivity index (χ3v) is 5.73. The Bertz CT molecular complexity index is 695. The Morgan fingerprint density at radius 2 is 1.76 bits per heavy atom. The van der Waals surface area contributed by atoms with E-state index in [0.29, 0.717) is 12.5 Å². The lowest BCUT2D eigenvalue weighted by Gasteiger charge is -2.25. The van der Waals surface area contributed by atoms with Gasteiger partial charge in [0.05, 0.1) is 0 Å². The van der Waals surface area contributed by atoms with Crippen LogP contribution in [0.1, 0.15) is 60.3 Å². The first-order chi connectivity index (χ1) is 11.9. The predicted octanol–water partition coefficient (Wildman–Crippen LogP) is 3.16. The fourth-order valence-corrected chi connectivity index (χ4v) is 4.23. The summed E-state index contributed by atoms with van der Waals surface area (Å²) < 4.78 is 0. The summed E-state index contributed by atoms with van der Waals surface area (Å²) in [6.45, 7) is 6.62. The molecule has 2 unspecified atom stereocenters. The van der Waals surface area contributed by atoms with Gasteiger partial charge in [-0.3, -0.25) is 14.4 Å². The normalized spacial score (nSPS) is 23.6. The number of ketones is 2. The van der Waals surface area contributed by atoms with E-state index in [1.54, 1.807) is 0 Å². The maximum absolute atomic E-state index is 12.8. The maximum Gasteiger partial charge on any atom is 0.220 e. The van der Waals surface area contributed by atoms with Crippen LogP contribution in [0.4, 0.5) is 0 Å². The SMILES string of the molecule is Cc1cc(C)c(C2C(=O)CC(CC(=O)NCC3CCC3)C2=O)c(C)c1. The number of nitrogens with one attached hydrogen (secondary N) is 1. The van der Waals surface area contributed by atoms with Crippen LogP contribution in [0.25, 0.3) is 0 Å². The molecule has 0 aliphatic heterocycles. The molecule has 2 atom stereocenters. The molecule has 0 bridgehead atoms. The Morgan fingerprint density at radius 1 is 1.12 bits per heavy atom. The third-order valence-electron chi connectivity index (χ3n) is 5.73. The highest BCUT2D eigenvalue weighted by molar-refractivity contribution is 6.15. The van der Waals surface area contributed by atoms with E-state index in [0.717, 1.165) is 22.3 Å². The molecule has 0 heterocycles. The molecule has 2 saturated carbocycles. The number of Topliss-reactive ketones (excluding diaryl/α,β-unsaturated/α-hetero) is 2. The zero-order chi connectivity index (χ0) is 18.1. The fourth-order valence-electron chi connectivity index (χ4n) is 4.23. The van der Waals surface area contributed by atoms with Crippen molar-refractivity contribution < 1.29 is 14.4 Å². The quantitative estimate of drug-likeness (QED) is 0.837. The number of aryl methyl sites for hydroxylation is 3. The Hall–Kier alpha value is -1.97. The van der Waals surface area contributed by atoms with E-state index < -0.39 is 11.8 Å². The molecule has 2 aliphatic carbocycles. The summed E-state index contributed by atoms with van der Waals surface area (Å²) in [5.41, 5.74) is 3.94. The molecule has 1 aromatic rings. The summed E-state index contributed by atoms with van der Waals surface area (Å²) >= 11 is 0. The summed E-state index contributed by atoms with van der Waals surface area (Å²) in [6.07, 6.45) is 3.92. The van der Waals surface area contributed by atoms with E-state index in [4.69, 9.17) is 0 Å². The molecule has 0 radical (unpaired) electrons. The van der Waals surface area contributed by atoms with Crippen molar-refractivity contribution in [2.75, 3.05) is 6.54 Å². The summed E-state index contributed by atoms with van der Waals surface area (Å²) in [6, 6.07) is 4.03. The predicted molar refractivity (Wildman–Crippen MR) is 96.5 cm³/mol. The van der Waals surface area contributed by atoms with E-state index in [9.17, 15) is 14.4 Å². The fraction of sp³-hybridized carbons (Fsp3) is 0.571. The van der Waals surface area contributed by atoms with Gasteiger partial charge < -0.3 is 5.32 Å². The molecule has 0 spiro atoms. The Kier molecular flexibility index (Phi) is 5.07. The Labute approximate surface area is 149 Å². The Balaban J connectivity index is 1.69. The molecule has 134 valence electrons. The molecular weight excluding hydrogens is 314 g/mol. The number of amides is 1. The van der Waals surface area contributed by atoms with Crippen LogP contribution in [-0.4, -0.2) is 24.0 Å². The lowest BCUT2D eigenvalue weighted by molar-refractivity contribution is -0.128. The van der Waals surface area contributed by atoms with Crippen LogP contribution in [0.2, 0.25) is 0 Å². The molecule has 0 aromatic heterocycles. The number of carbonyl (C=O) groups excluding carboxylic acids is 3. The minimum absolute atomic E-state index is 0.0446. The lowest BCUT2D eigenvalue weighted by atomic mass is 9.85. The van der Waals surface area contributed by atoms with Crippen LogP contribution in [0.3, 0.4) is 0 Å². The van der Waals surface area contributed by atoms with Crippen LogP contribution in [0.5, 0.6) is 0 Å². The second-order valence-corrected chi connectivity index (χ2v) is 7.82. The topological polar surface area (TPSA) is 63.2 Å². The first-order valence-corrected chi connectivity index (χ1v) is 9.27. The number of hydrogen-bond donors (Lipinski definition) is 1. The van der Waals surface area contributed by atoms with E-state index in [1.165, 1.54) is 19.3 Å². The van der Waals surface area contributed by atoms with E-state index >= 15 is 0 Å². The van der Waals surface area contributed by atoms with Gasteiger partial charge in [0.1, 0.15) is 11.7 Å². The third kappa shape index (κ3) is 3.68. The molecule has 0 saturated heterocycles. The molecule has 1 aromatic carbocycles. The van der Waals surface area contributed by atoms with Gasteiger partial charge in [-0.2, -0.15) is 0 Å². The molecule has 4 heteroatoms. The number of hydrogen-bond acceptors (Lipinski definition) is 3. The van der Waals surface area contributed by atoms with Crippen molar-refractivity contribution in [1.29, 1.82) is 0 Å². The van der Waals surface area contributed by atoms with Crippen molar-refractivity contribution in [1.82, 2.24) is 5.32 Å². The standard InChI is InChI=1S/C21H27NO3/c1-12-7-13(2)19(14(3)8-12)20-17(23)9-16(21(20)25)10-18(24)22-11-15-5-4-6-15/h7-8,15-16,20H,4-6,9-11H2,1-3H3,(H,22,24). The van der Waals surface area contributed by atoms with Crippen molar-refractivity contribution in [2.24, 2.45) is 11.8 Å². The lowest BCUT2D eigenvalue weighted by Crippen LogP contribution is -2.33. The largest absolute Gasteiger partial charge is 0.356 e. The molecule has 4 nitrogen and oxygen atoms in total. The van der Waals surface area contributed by atoms with Crippen LogP contribution in [-0.2, 0) is 14.4 Å². The summed E-state index contributed by atoms with van der Waals surface area (Å²) in [7, 11) is 0.